The van der Waals surface area contributed by atoms with Gasteiger partial charge in [0, 0.05) is 0 Å². The summed E-state index contributed by atoms with van der Waals surface area (Å²) in [5.74, 6) is -0.775. The topological polar surface area (TPSA) is 50.2 Å². The fraction of sp³-hybridized carbons (Fsp3) is 0.273. The number of hydrogen-bond acceptors (Lipinski definition) is 4. The van der Waals surface area contributed by atoms with Gasteiger partial charge in [0.1, 0.15) is 9.88 Å². The van der Waals surface area contributed by atoms with Gasteiger partial charge in [-0.25, -0.2) is 9.78 Å². The number of carboxylic acids is 1. The highest BCUT2D eigenvalue weighted by molar-refractivity contribution is 9.11. The third-order valence-corrected chi connectivity index (χ3v) is 5.03. The monoisotopic (exact) mass is 331 g/mol. The Morgan fingerprint density at radius 2 is 2.12 bits per heavy atom. The Balaban J connectivity index is 2.50. The zero-order chi connectivity index (χ0) is 12.6. The highest BCUT2D eigenvalue weighted by Crippen LogP contribution is 2.36. The van der Waals surface area contributed by atoms with Crippen LogP contribution in [0.2, 0.25) is 0 Å². The first-order chi connectivity index (χ1) is 7.99. The number of hydrogen-bond donors (Lipinski definition) is 1. The quantitative estimate of drug-likeness (QED) is 0.903. The summed E-state index contributed by atoms with van der Waals surface area (Å²) in [5.41, 5.74) is 0.669. The van der Waals surface area contributed by atoms with E-state index in [1.807, 2.05) is 26.0 Å². The van der Waals surface area contributed by atoms with Gasteiger partial charge in [0.05, 0.1) is 14.4 Å². The van der Waals surface area contributed by atoms with Crippen molar-refractivity contribution >= 4 is 44.6 Å². The van der Waals surface area contributed by atoms with Gasteiger partial charge in [-0.05, 0) is 34.0 Å². The molecule has 2 heterocycles. The number of nitrogens with zero attached hydrogens (tertiary/aromatic N) is 1. The number of aromatic nitrogens is 1. The summed E-state index contributed by atoms with van der Waals surface area (Å²) in [5, 5.41) is 9.92. The van der Waals surface area contributed by atoms with Crippen LogP contribution in [0, 0.1) is 0 Å². The highest BCUT2D eigenvalue weighted by Gasteiger charge is 2.20. The molecule has 90 valence electrons. The van der Waals surface area contributed by atoms with E-state index >= 15 is 0 Å². The van der Waals surface area contributed by atoms with Gasteiger partial charge in [0.25, 0.3) is 0 Å². The summed E-state index contributed by atoms with van der Waals surface area (Å²) in [6.45, 7) is 3.91. The molecule has 0 bridgehead atoms. The van der Waals surface area contributed by atoms with Crippen LogP contribution in [0.25, 0.3) is 9.88 Å². The predicted octanol–water partition coefficient (Wildman–Crippen LogP) is 4.46. The summed E-state index contributed by atoms with van der Waals surface area (Å²) in [6.07, 6.45) is 0. The SMILES string of the molecule is CC(C)c1nc(-c2ccc(Br)s2)sc1C(=O)O. The molecular formula is C11H10BrNO2S2. The summed E-state index contributed by atoms with van der Waals surface area (Å²) in [4.78, 5) is 16.9. The molecular weight excluding hydrogens is 322 g/mol. The number of thiazole rings is 1. The van der Waals surface area contributed by atoms with Crippen LogP contribution in [-0.2, 0) is 0 Å². The zero-order valence-corrected chi connectivity index (χ0v) is 12.4. The molecule has 0 amide bonds. The van der Waals surface area contributed by atoms with Gasteiger partial charge >= 0.3 is 5.97 Å². The number of carboxylic acid groups (broad SMARTS) is 1. The molecule has 0 unspecified atom stereocenters. The molecule has 0 saturated carbocycles. The maximum Gasteiger partial charge on any atom is 0.347 e. The normalized spacial score (nSPS) is 11.1. The van der Waals surface area contributed by atoms with Crippen LogP contribution >= 0.6 is 38.6 Å². The van der Waals surface area contributed by atoms with Crippen molar-refractivity contribution in [2.75, 3.05) is 0 Å². The van der Waals surface area contributed by atoms with Crippen LogP contribution < -0.4 is 0 Å². The van der Waals surface area contributed by atoms with Crippen LogP contribution in [0.4, 0.5) is 0 Å². The number of aromatic carboxylic acids is 1. The number of thiophene rings is 1. The van der Waals surface area contributed by atoms with E-state index < -0.39 is 5.97 Å². The van der Waals surface area contributed by atoms with E-state index in [-0.39, 0.29) is 5.92 Å². The molecule has 0 aromatic carbocycles. The van der Waals surface area contributed by atoms with E-state index in [0.29, 0.717) is 10.6 Å². The summed E-state index contributed by atoms with van der Waals surface area (Å²) >= 11 is 6.19. The second-order valence-corrected chi connectivity index (χ2v) is 7.26. The highest BCUT2D eigenvalue weighted by atomic mass is 79.9. The van der Waals surface area contributed by atoms with Gasteiger partial charge in [-0.1, -0.05) is 13.8 Å². The lowest BCUT2D eigenvalue weighted by molar-refractivity contribution is 0.0700. The second-order valence-electron chi connectivity index (χ2n) is 3.80. The fourth-order valence-electron chi connectivity index (χ4n) is 1.41. The molecule has 17 heavy (non-hydrogen) atoms. The molecule has 0 atom stereocenters. The van der Waals surface area contributed by atoms with Crippen LogP contribution in [0.5, 0.6) is 0 Å². The van der Waals surface area contributed by atoms with Crippen molar-refractivity contribution in [2.45, 2.75) is 19.8 Å². The largest absolute Gasteiger partial charge is 0.477 e. The van der Waals surface area contributed by atoms with E-state index in [4.69, 9.17) is 5.11 Å². The average Bonchev–Trinajstić information content (AvgIpc) is 2.82. The Kier molecular flexibility index (Phi) is 3.65. The van der Waals surface area contributed by atoms with Crippen LogP contribution in [0.1, 0.15) is 35.1 Å². The van der Waals surface area contributed by atoms with Gasteiger partial charge in [0.15, 0.2) is 0 Å². The molecule has 1 N–H and O–H groups in total. The first-order valence-corrected chi connectivity index (χ1v) is 7.41. The Morgan fingerprint density at radius 3 is 2.53 bits per heavy atom. The molecule has 3 nitrogen and oxygen atoms in total. The smallest absolute Gasteiger partial charge is 0.347 e. The van der Waals surface area contributed by atoms with Crippen molar-refractivity contribution in [3.63, 3.8) is 0 Å². The molecule has 2 aromatic heterocycles. The molecule has 2 rings (SSSR count). The van der Waals surface area contributed by atoms with E-state index in [0.717, 1.165) is 13.7 Å². The summed E-state index contributed by atoms with van der Waals surface area (Å²) in [6, 6.07) is 3.89. The first-order valence-electron chi connectivity index (χ1n) is 4.98. The molecule has 6 heteroatoms. The van der Waals surface area contributed by atoms with Crippen molar-refractivity contribution in [3.05, 3.63) is 26.5 Å². The third-order valence-electron chi connectivity index (χ3n) is 2.18. The van der Waals surface area contributed by atoms with Crippen LogP contribution in [0.3, 0.4) is 0 Å². The molecule has 2 aromatic rings. The second kappa shape index (κ2) is 4.88. The predicted molar refractivity (Wildman–Crippen MR) is 74.2 cm³/mol. The minimum atomic E-state index is -0.895. The van der Waals surface area contributed by atoms with Crippen LogP contribution in [0.15, 0.2) is 15.9 Å². The molecule has 0 fully saturated rings. The first kappa shape index (κ1) is 12.7. The van der Waals surface area contributed by atoms with Gasteiger partial charge in [-0.3, -0.25) is 0 Å². The minimum absolute atomic E-state index is 0.120. The molecule has 0 radical (unpaired) electrons. The lowest BCUT2D eigenvalue weighted by Gasteiger charge is -2.00. The van der Waals surface area contributed by atoms with Crippen molar-refractivity contribution in [1.82, 2.24) is 4.98 Å². The van der Waals surface area contributed by atoms with E-state index in [9.17, 15) is 4.79 Å². The number of carbonyl (C=O) groups is 1. The van der Waals surface area contributed by atoms with Crippen molar-refractivity contribution in [3.8, 4) is 9.88 Å². The van der Waals surface area contributed by atoms with Crippen LogP contribution in [-0.4, -0.2) is 16.1 Å². The molecule has 0 aliphatic heterocycles. The van der Waals surface area contributed by atoms with Gasteiger partial charge in [-0.15, -0.1) is 22.7 Å². The number of rotatable bonds is 3. The Labute approximate surface area is 115 Å². The van der Waals surface area contributed by atoms with Gasteiger partial charge in [-0.2, -0.15) is 0 Å². The van der Waals surface area contributed by atoms with E-state index in [1.165, 1.54) is 11.3 Å². The lowest BCUT2D eigenvalue weighted by atomic mass is 10.1. The van der Waals surface area contributed by atoms with Gasteiger partial charge < -0.3 is 5.11 Å². The van der Waals surface area contributed by atoms with Gasteiger partial charge in [0.2, 0.25) is 0 Å². The Hall–Kier alpha value is -0.720. The lowest BCUT2D eigenvalue weighted by Crippen LogP contribution is -2.00. The standard InChI is InChI=1S/C11H10BrNO2S2/c1-5(2)8-9(11(14)15)17-10(13-8)6-3-4-7(12)16-6/h3-5H,1-2H3,(H,14,15). The summed E-state index contributed by atoms with van der Waals surface area (Å²) < 4.78 is 1.02. The average molecular weight is 332 g/mol. The maximum atomic E-state index is 11.1. The minimum Gasteiger partial charge on any atom is -0.477 e. The van der Waals surface area contributed by atoms with Crippen molar-refractivity contribution in [1.29, 1.82) is 0 Å². The zero-order valence-electron chi connectivity index (χ0n) is 9.23. The Morgan fingerprint density at radius 1 is 1.41 bits per heavy atom. The maximum absolute atomic E-state index is 11.1. The summed E-state index contributed by atoms with van der Waals surface area (Å²) in [7, 11) is 0. The number of halogens is 1. The van der Waals surface area contributed by atoms with Crippen molar-refractivity contribution in [2.24, 2.45) is 0 Å². The Bertz CT molecular complexity index is 560. The molecule has 0 aliphatic rings. The van der Waals surface area contributed by atoms with Crippen molar-refractivity contribution < 1.29 is 9.90 Å². The molecule has 0 aliphatic carbocycles. The molecule has 0 spiro atoms. The van der Waals surface area contributed by atoms with E-state index in [2.05, 4.69) is 20.9 Å². The molecule has 0 saturated heterocycles. The fourth-order valence-corrected chi connectivity index (χ4v) is 3.91. The van der Waals surface area contributed by atoms with E-state index in [1.54, 1.807) is 11.3 Å². The third kappa shape index (κ3) is 2.59.